The van der Waals surface area contributed by atoms with Crippen LogP contribution in [0.5, 0.6) is 0 Å². The predicted molar refractivity (Wildman–Crippen MR) is 83.2 cm³/mol. The van der Waals surface area contributed by atoms with E-state index in [1.807, 2.05) is 0 Å². The molecule has 0 radical (unpaired) electrons. The zero-order valence-electron chi connectivity index (χ0n) is 13.1. The molecule has 0 aromatic carbocycles. The Hall–Kier alpha value is -1.13. The molecule has 2 unspecified atom stereocenters. The minimum absolute atomic E-state index is 0.270. The minimum Gasteiger partial charge on any atom is -0.372 e. The smallest absolute Gasteiger partial charge is 0.128 e. The molecule has 2 atom stereocenters. The van der Waals surface area contributed by atoms with Crippen LogP contribution < -0.4 is 10.2 Å². The summed E-state index contributed by atoms with van der Waals surface area (Å²) >= 11 is 0. The average molecular weight is 277 g/mol. The summed E-state index contributed by atoms with van der Waals surface area (Å²) < 4.78 is 5.78. The molecule has 4 heteroatoms. The Morgan fingerprint density at radius 1 is 1.30 bits per heavy atom. The van der Waals surface area contributed by atoms with Crippen molar-refractivity contribution in [1.82, 2.24) is 10.3 Å². The first-order valence-electron chi connectivity index (χ1n) is 7.67. The third kappa shape index (κ3) is 3.93. The fourth-order valence-electron chi connectivity index (χ4n) is 2.70. The first-order chi connectivity index (χ1) is 9.60. The van der Waals surface area contributed by atoms with E-state index in [1.165, 1.54) is 5.56 Å². The van der Waals surface area contributed by atoms with Crippen molar-refractivity contribution in [3.63, 3.8) is 0 Å². The number of aromatic nitrogens is 1. The molecule has 1 aliphatic heterocycles. The SMILES string of the molecule is CCCNCc1ccc(N2CC(C)OC(C)C2)nc1C. The van der Waals surface area contributed by atoms with Gasteiger partial charge < -0.3 is 15.0 Å². The third-order valence-corrected chi connectivity index (χ3v) is 3.67. The third-order valence-electron chi connectivity index (χ3n) is 3.67. The van der Waals surface area contributed by atoms with Gasteiger partial charge in [-0.15, -0.1) is 0 Å². The van der Waals surface area contributed by atoms with E-state index < -0.39 is 0 Å². The molecule has 112 valence electrons. The molecule has 1 fully saturated rings. The van der Waals surface area contributed by atoms with Crippen LogP contribution in [-0.4, -0.2) is 36.8 Å². The van der Waals surface area contributed by atoms with Crippen molar-refractivity contribution in [1.29, 1.82) is 0 Å². The molecule has 2 heterocycles. The fraction of sp³-hybridized carbons (Fsp3) is 0.688. The molecule has 0 aliphatic carbocycles. The molecule has 0 amide bonds. The number of hydrogen-bond acceptors (Lipinski definition) is 4. The standard InChI is InChI=1S/C16H27N3O/c1-5-8-17-9-15-6-7-16(18-14(15)4)19-10-12(2)20-13(3)11-19/h6-7,12-13,17H,5,8-11H2,1-4H3. The van der Waals surface area contributed by atoms with Crippen LogP contribution in [0.2, 0.25) is 0 Å². The van der Waals surface area contributed by atoms with E-state index in [0.29, 0.717) is 0 Å². The number of morpholine rings is 1. The number of aryl methyl sites for hydroxylation is 1. The van der Waals surface area contributed by atoms with Gasteiger partial charge in [0.15, 0.2) is 0 Å². The Balaban J connectivity index is 2.04. The molecule has 20 heavy (non-hydrogen) atoms. The second kappa shape index (κ2) is 7.04. The van der Waals surface area contributed by atoms with E-state index in [9.17, 15) is 0 Å². The molecule has 2 rings (SSSR count). The second-order valence-electron chi connectivity index (χ2n) is 5.75. The highest BCUT2D eigenvalue weighted by molar-refractivity contribution is 5.42. The highest BCUT2D eigenvalue weighted by Crippen LogP contribution is 2.20. The summed E-state index contributed by atoms with van der Waals surface area (Å²) in [6, 6.07) is 4.34. The van der Waals surface area contributed by atoms with E-state index in [0.717, 1.165) is 44.1 Å². The van der Waals surface area contributed by atoms with Crippen molar-refractivity contribution >= 4 is 5.82 Å². The topological polar surface area (TPSA) is 37.4 Å². The molecule has 0 saturated carbocycles. The van der Waals surface area contributed by atoms with Gasteiger partial charge in [-0.2, -0.15) is 0 Å². The lowest BCUT2D eigenvalue weighted by atomic mass is 10.2. The maximum atomic E-state index is 5.78. The summed E-state index contributed by atoms with van der Waals surface area (Å²) in [6.07, 6.45) is 1.70. The van der Waals surface area contributed by atoms with Crippen LogP contribution in [0.4, 0.5) is 5.82 Å². The molecule has 1 aliphatic rings. The number of hydrogen-bond donors (Lipinski definition) is 1. The van der Waals surface area contributed by atoms with Gasteiger partial charge in [0.2, 0.25) is 0 Å². The minimum atomic E-state index is 0.270. The summed E-state index contributed by atoms with van der Waals surface area (Å²) in [5.74, 6) is 1.07. The zero-order chi connectivity index (χ0) is 14.5. The number of nitrogens with zero attached hydrogens (tertiary/aromatic N) is 2. The van der Waals surface area contributed by atoms with Crippen LogP contribution >= 0.6 is 0 Å². The lowest BCUT2D eigenvalue weighted by molar-refractivity contribution is -0.00546. The Bertz CT molecular complexity index is 426. The molecule has 1 aromatic heterocycles. The van der Waals surface area contributed by atoms with Crippen molar-refractivity contribution in [2.75, 3.05) is 24.5 Å². The Morgan fingerprint density at radius 2 is 2.00 bits per heavy atom. The monoisotopic (exact) mass is 277 g/mol. The highest BCUT2D eigenvalue weighted by Gasteiger charge is 2.23. The van der Waals surface area contributed by atoms with E-state index in [4.69, 9.17) is 9.72 Å². The molecule has 4 nitrogen and oxygen atoms in total. The van der Waals surface area contributed by atoms with E-state index >= 15 is 0 Å². The van der Waals surface area contributed by atoms with Gasteiger partial charge in [0.1, 0.15) is 5.82 Å². The molecular weight excluding hydrogens is 250 g/mol. The Labute approximate surface area is 122 Å². The van der Waals surface area contributed by atoms with Crippen LogP contribution in [0.15, 0.2) is 12.1 Å². The van der Waals surface area contributed by atoms with Crippen LogP contribution in [0.25, 0.3) is 0 Å². The van der Waals surface area contributed by atoms with E-state index in [2.05, 4.69) is 50.0 Å². The molecule has 1 saturated heterocycles. The first-order valence-corrected chi connectivity index (χ1v) is 7.67. The number of pyridine rings is 1. The number of ether oxygens (including phenoxy) is 1. The summed E-state index contributed by atoms with van der Waals surface area (Å²) in [6.45, 7) is 12.3. The summed E-state index contributed by atoms with van der Waals surface area (Å²) in [7, 11) is 0. The maximum absolute atomic E-state index is 5.78. The van der Waals surface area contributed by atoms with Crippen molar-refractivity contribution in [3.8, 4) is 0 Å². The van der Waals surface area contributed by atoms with Crippen LogP contribution in [0.1, 0.15) is 38.4 Å². The van der Waals surface area contributed by atoms with Gasteiger partial charge in [0.25, 0.3) is 0 Å². The molecule has 0 bridgehead atoms. The van der Waals surface area contributed by atoms with Gasteiger partial charge in [-0.1, -0.05) is 13.0 Å². The normalized spacial score (nSPS) is 23.1. The van der Waals surface area contributed by atoms with Gasteiger partial charge in [-0.3, -0.25) is 0 Å². The van der Waals surface area contributed by atoms with Gasteiger partial charge in [0.05, 0.1) is 12.2 Å². The van der Waals surface area contributed by atoms with Crippen LogP contribution in [-0.2, 0) is 11.3 Å². The van der Waals surface area contributed by atoms with Crippen molar-refractivity contribution in [2.45, 2.75) is 52.9 Å². The van der Waals surface area contributed by atoms with Crippen LogP contribution in [0, 0.1) is 6.92 Å². The highest BCUT2D eigenvalue weighted by atomic mass is 16.5. The lowest BCUT2D eigenvalue weighted by Crippen LogP contribution is -2.45. The van der Waals surface area contributed by atoms with Crippen LogP contribution in [0.3, 0.4) is 0 Å². The average Bonchev–Trinajstić information content (AvgIpc) is 2.39. The molecule has 1 N–H and O–H groups in total. The Kier molecular flexibility index (Phi) is 5.38. The van der Waals surface area contributed by atoms with Gasteiger partial charge in [-0.05, 0) is 45.4 Å². The Morgan fingerprint density at radius 3 is 2.60 bits per heavy atom. The first kappa shape index (κ1) is 15.3. The molecule has 1 aromatic rings. The van der Waals surface area contributed by atoms with E-state index in [-0.39, 0.29) is 12.2 Å². The van der Waals surface area contributed by atoms with Gasteiger partial charge in [0, 0.05) is 25.3 Å². The molecule has 0 spiro atoms. The maximum Gasteiger partial charge on any atom is 0.128 e. The van der Waals surface area contributed by atoms with Crippen molar-refractivity contribution in [2.24, 2.45) is 0 Å². The zero-order valence-corrected chi connectivity index (χ0v) is 13.1. The quantitative estimate of drug-likeness (QED) is 0.839. The predicted octanol–water partition coefficient (Wildman–Crippen LogP) is 2.50. The van der Waals surface area contributed by atoms with E-state index in [1.54, 1.807) is 0 Å². The number of nitrogens with one attached hydrogen (secondary N) is 1. The van der Waals surface area contributed by atoms with Crippen molar-refractivity contribution in [3.05, 3.63) is 23.4 Å². The lowest BCUT2D eigenvalue weighted by Gasteiger charge is -2.36. The summed E-state index contributed by atoms with van der Waals surface area (Å²) in [5.41, 5.74) is 2.41. The van der Waals surface area contributed by atoms with Gasteiger partial charge in [-0.25, -0.2) is 4.98 Å². The number of rotatable bonds is 5. The van der Waals surface area contributed by atoms with Gasteiger partial charge >= 0.3 is 0 Å². The largest absolute Gasteiger partial charge is 0.372 e. The fourth-order valence-corrected chi connectivity index (χ4v) is 2.70. The molecular formula is C16H27N3O. The summed E-state index contributed by atoms with van der Waals surface area (Å²) in [4.78, 5) is 7.10. The van der Waals surface area contributed by atoms with Crippen molar-refractivity contribution < 1.29 is 4.74 Å². The second-order valence-corrected chi connectivity index (χ2v) is 5.75. The number of anilines is 1. The summed E-state index contributed by atoms with van der Waals surface area (Å²) in [5, 5.41) is 3.43.